The van der Waals surface area contributed by atoms with Crippen LogP contribution < -0.4 is 5.32 Å². The lowest BCUT2D eigenvalue weighted by molar-refractivity contribution is -0.122. The number of nitrogens with one attached hydrogen (secondary N) is 1. The third-order valence-electron chi connectivity index (χ3n) is 5.75. The fraction of sp³-hybridized carbons (Fsp3) is 0.391. The van der Waals surface area contributed by atoms with Crippen molar-refractivity contribution < 1.29 is 14.4 Å². The van der Waals surface area contributed by atoms with Gasteiger partial charge in [-0.05, 0) is 50.3 Å². The number of anilines is 1. The second-order valence-electron chi connectivity index (χ2n) is 8.02. The zero-order valence-corrected chi connectivity index (χ0v) is 17.9. The van der Waals surface area contributed by atoms with Gasteiger partial charge < -0.3 is 10.2 Å². The maximum Gasteiger partial charge on any atom is 0.255 e. The molecule has 3 heterocycles. The molecule has 4 rings (SSSR count). The Bertz CT molecular complexity index is 1010. The first kappa shape index (κ1) is 20.5. The van der Waals surface area contributed by atoms with Gasteiger partial charge in [0.25, 0.3) is 5.91 Å². The van der Waals surface area contributed by atoms with E-state index in [-0.39, 0.29) is 23.6 Å². The Labute approximate surface area is 180 Å². The number of allylic oxidation sites excluding steroid dienone is 1. The van der Waals surface area contributed by atoms with E-state index in [1.54, 1.807) is 11.1 Å². The van der Waals surface area contributed by atoms with Crippen LogP contribution in [0.3, 0.4) is 0 Å². The highest BCUT2D eigenvalue weighted by Gasteiger charge is 2.38. The van der Waals surface area contributed by atoms with Crippen LogP contribution in [0.5, 0.6) is 0 Å². The molecule has 1 atom stereocenters. The first-order chi connectivity index (χ1) is 14.4. The minimum Gasteiger partial charge on any atom is -0.325 e. The van der Waals surface area contributed by atoms with Crippen molar-refractivity contribution in [1.82, 2.24) is 9.88 Å². The van der Waals surface area contributed by atoms with E-state index in [1.807, 2.05) is 24.4 Å². The Kier molecular flexibility index (Phi) is 5.81. The Balaban J connectivity index is 1.40. The SMILES string of the molecule is C=C1CCC[C@H](N2Cc3c(csc3CCC(=O)Nc3ccc(C)nc3)C2=O)C(=O)C1. The molecular formula is C23H25N3O3S. The van der Waals surface area contributed by atoms with Crippen molar-refractivity contribution in [2.75, 3.05) is 5.32 Å². The van der Waals surface area contributed by atoms with Gasteiger partial charge in [0.1, 0.15) is 0 Å². The summed E-state index contributed by atoms with van der Waals surface area (Å²) in [7, 11) is 0. The largest absolute Gasteiger partial charge is 0.325 e. The Morgan fingerprint density at radius 2 is 2.20 bits per heavy atom. The number of thiophene rings is 1. The van der Waals surface area contributed by atoms with Gasteiger partial charge in [-0.3, -0.25) is 19.4 Å². The van der Waals surface area contributed by atoms with Gasteiger partial charge in [0, 0.05) is 35.3 Å². The van der Waals surface area contributed by atoms with Gasteiger partial charge in [0.2, 0.25) is 5.91 Å². The van der Waals surface area contributed by atoms with Crippen LogP contribution in [0.2, 0.25) is 0 Å². The predicted molar refractivity (Wildman–Crippen MR) is 117 cm³/mol. The summed E-state index contributed by atoms with van der Waals surface area (Å²) in [4.78, 5) is 44.8. The monoisotopic (exact) mass is 423 g/mol. The summed E-state index contributed by atoms with van der Waals surface area (Å²) in [6.07, 6.45) is 5.33. The summed E-state index contributed by atoms with van der Waals surface area (Å²) in [5.74, 6) is -0.0534. The molecule has 2 aromatic rings. The molecule has 1 fully saturated rings. The first-order valence-corrected chi connectivity index (χ1v) is 11.1. The van der Waals surface area contributed by atoms with Crippen LogP contribution in [0.4, 0.5) is 5.69 Å². The fourth-order valence-corrected chi connectivity index (χ4v) is 5.15. The standard InChI is InChI=1S/C23H25N3O3S/c1-14-4-3-5-19(20(27)10-14)26-12-17-18(23(26)29)13-30-21(17)8-9-22(28)25-16-7-6-15(2)24-11-16/h6-7,11,13,19H,1,3-5,8-10,12H2,2H3,(H,25,28)/t19-/m0/s1. The molecule has 2 aliphatic rings. The number of nitrogens with zero attached hydrogens (tertiary/aromatic N) is 2. The molecule has 1 aliphatic carbocycles. The van der Waals surface area contributed by atoms with Crippen LogP contribution in [-0.2, 0) is 22.6 Å². The van der Waals surface area contributed by atoms with Crippen LogP contribution >= 0.6 is 11.3 Å². The number of carbonyl (C=O) groups excluding carboxylic acids is 3. The average Bonchev–Trinajstić information content (AvgIpc) is 3.20. The van der Waals surface area contributed by atoms with Crippen molar-refractivity contribution in [3.05, 3.63) is 57.6 Å². The van der Waals surface area contributed by atoms with Gasteiger partial charge >= 0.3 is 0 Å². The van der Waals surface area contributed by atoms with Gasteiger partial charge in [-0.1, -0.05) is 12.2 Å². The van der Waals surface area contributed by atoms with E-state index in [9.17, 15) is 14.4 Å². The molecule has 0 aromatic carbocycles. The second-order valence-corrected chi connectivity index (χ2v) is 8.99. The molecule has 30 heavy (non-hydrogen) atoms. The minimum absolute atomic E-state index is 0.0615. The summed E-state index contributed by atoms with van der Waals surface area (Å²) in [6, 6.07) is 3.32. The molecule has 6 nitrogen and oxygen atoms in total. The molecule has 0 saturated heterocycles. The zero-order chi connectivity index (χ0) is 21.3. The number of aromatic nitrogens is 1. The lowest BCUT2D eigenvalue weighted by Crippen LogP contribution is -2.40. The van der Waals surface area contributed by atoms with E-state index in [0.717, 1.165) is 34.5 Å². The maximum atomic E-state index is 12.9. The minimum atomic E-state index is -0.362. The number of fused-ring (bicyclic) bond motifs is 1. The maximum absolute atomic E-state index is 12.9. The topological polar surface area (TPSA) is 79.4 Å². The number of hydrogen-bond donors (Lipinski definition) is 1. The van der Waals surface area contributed by atoms with Crippen LogP contribution in [0.25, 0.3) is 0 Å². The Morgan fingerprint density at radius 1 is 1.37 bits per heavy atom. The van der Waals surface area contributed by atoms with Crippen molar-refractivity contribution in [2.45, 2.75) is 58.0 Å². The van der Waals surface area contributed by atoms with Gasteiger partial charge in [0.05, 0.1) is 23.5 Å². The number of ketones is 1. The first-order valence-electron chi connectivity index (χ1n) is 10.2. The second kappa shape index (κ2) is 8.52. The van der Waals surface area contributed by atoms with E-state index in [0.29, 0.717) is 43.5 Å². The summed E-state index contributed by atoms with van der Waals surface area (Å²) in [5.41, 5.74) is 4.20. The molecule has 1 N–H and O–H groups in total. The summed E-state index contributed by atoms with van der Waals surface area (Å²) in [6.45, 7) is 6.31. The van der Waals surface area contributed by atoms with Gasteiger partial charge in [0.15, 0.2) is 5.78 Å². The van der Waals surface area contributed by atoms with Crippen LogP contribution in [0, 0.1) is 6.92 Å². The highest BCUT2D eigenvalue weighted by Crippen LogP contribution is 2.35. The number of amides is 2. The van der Waals surface area contributed by atoms with E-state index >= 15 is 0 Å². The number of aryl methyl sites for hydroxylation is 2. The Hall–Kier alpha value is -2.80. The summed E-state index contributed by atoms with van der Waals surface area (Å²) >= 11 is 1.52. The Morgan fingerprint density at radius 3 is 2.97 bits per heavy atom. The van der Waals surface area contributed by atoms with E-state index < -0.39 is 0 Å². The number of rotatable bonds is 5. The molecule has 0 unspecified atom stereocenters. The van der Waals surface area contributed by atoms with Crippen LogP contribution in [0.1, 0.15) is 58.6 Å². The molecule has 0 bridgehead atoms. The van der Waals surface area contributed by atoms with E-state index in [1.165, 1.54) is 11.3 Å². The summed E-state index contributed by atoms with van der Waals surface area (Å²) < 4.78 is 0. The number of hydrogen-bond acceptors (Lipinski definition) is 5. The van der Waals surface area contributed by atoms with Crippen molar-refractivity contribution in [2.24, 2.45) is 0 Å². The van der Waals surface area contributed by atoms with Crippen molar-refractivity contribution in [1.29, 1.82) is 0 Å². The smallest absolute Gasteiger partial charge is 0.255 e. The van der Waals surface area contributed by atoms with E-state index in [4.69, 9.17) is 0 Å². The van der Waals surface area contributed by atoms with Crippen molar-refractivity contribution >= 4 is 34.6 Å². The molecule has 2 amide bonds. The van der Waals surface area contributed by atoms with Crippen LogP contribution in [-0.4, -0.2) is 33.5 Å². The molecule has 0 spiro atoms. The van der Waals surface area contributed by atoms with Gasteiger partial charge in [-0.25, -0.2) is 0 Å². The lowest BCUT2D eigenvalue weighted by Gasteiger charge is -2.25. The number of Topliss-reactive ketones (excluding diaryl/α,β-unsaturated/α-hetero) is 1. The lowest BCUT2D eigenvalue weighted by atomic mass is 10.1. The van der Waals surface area contributed by atoms with E-state index in [2.05, 4.69) is 16.9 Å². The number of carbonyl (C=O) groups is 3. The van der Waals surface area contributed by atoms with Gasteiger partial charge in [-0.15, -0.1) is 11.3 Å². The molecule has 1 saturated carbocycles. The predicted octanol–water partition coefficient (Wildman–Crippen LogP) is 4.05. The van der Waals surface area contributed by atoms with Crippen molar-refractivity contribution in [3.63, 3.8) is 0 Å². The van der Waals surface area contributed by atoms with Gasteiger partial charge in [-0.2, -0.15) is 0 Å². The molecule has 1 aliphatic heterocycles. The highest BCUT2D eigenvalue weighted by molar-refractivity contribution is 7.10. The fourth-order valence-electron chi connectivity index (χ4n) is 4.11. The zero-order valence-electron chi connectivity index (χ0n) is 17.1. The molecule has 2 aromatic heterocycles. The molecule has 7 heteroatoms. The summed E-state index contributed by atoms with van der Waals surface area (Å²) in [5, 5.41) is 4.73. The van der Waals surface area contributed by atoms with Crippen LogP contribution in [0.15, 0.2) is 35.9 Å². The third kappa shape index (κ3) is 4.21. The molecular weight excluding hydrogens is 398 g/mol. The third-order valence-corrected chi connectivity index (χ3v) is 6.84. The quantitative estimate of drug-likeness (QED) is 0.581. The average molecular weight is 424 g/mol. The molecule has 156 valence electrons. The molecule has 0 radical (unpaired) electrons. The van der Waals surface area contributed by atoms with Crippen molar-refractivity contribution in [3.8, 4) is 0 Å². The highest BCUT2D eigenvalue weighted by atomic mass is 32.1. The normalized spacial score (nSPS) is 19.0. The number of pyridine rings is 1.